The van der Waals surface area contributed by atoms with Gasteiger partial charge in [-0.05, 0) is 30.5 Å². The van der Waals surface area contributed by atoms with Crippen LogP contribution in [0, 0.1) is 5.92 Å². The van der Waals surface area contributed by atoms with Gasteiger partial charge >= 0.3 is 12.4 Å². The van der Waals surface area contributed by atoms with Crippen LogP contribution in [-0.2, 0) is 23.6 Å². The second-order valence-electron chi connectivity index (χ2n) is 9.65. The summed E-state index contributed by atoms with van der Waals surface area (Å²) in [6.45, 7) is 3.12. The molecule has 41 heavy (non-hydrogen) atoms. The highest BCUT2D eigenvalue weighted by Crippen LogP contribution is 2.44. The summed E-state index contributed by atoms with van der Waals surface area (Å²) < 4.78 is 93.0. The molecule has 1 heterocycles. The van der Waals surface area contributed by atoms with E-state index in [1.54, 1.807) is 68.4 Å². The van der Waals surface area contributed by atoms with Crippen LogP contribution in [0.2, 0.25) is 0 Å². The standard InChI is InChI=1S/C30H25F6NO4/c1-17(2)26(27(39)37-22-13-8-12-21(29(31,32)33)25(22)30(34,35)36)41-28-20(19-11-6-7-14-24(19)40-28)15-16-23(38)18-9-4-3-5-10-18/h3-14,17,26H,15-16H2,1-2H3,(H,37,39). The van der Waals surface area contributed by atoms with Crippen molar-refractivity contribution in [1.82, 2.24) is 0 Å². The van der Waals surface area contributed by atoms with E-state index >= 15 is 0 Å². The summed E-state index contributed by atoms with van der Waals surface area (Å²) in [6.07, 6.45) is -11.9. The minimum atomic E-state index is -5.40. The molecule has 0 spiro atoms. The van der Waals surface area contributed by atoms with Gasteiger partial charge in [0.2, 0.25) is 0 Å². The summed E-state index contributed by atoms with van der Waals surface area (Å²) >= 11 is 0. The van der Waals surface area contributed by atoms with E-state index in [0.717, 1.165) is 12.1 Å². The zero-order valence-corrected chi connectivity index (χ0v) is 21.9. The van der Waals surface area contributed by atoms with Gasteiger partial charge in [0, 0.05) is 22.9 Å². The first-order valence-corrected chi connectivity index (χ1v) is 12.6. The molecule has 4 rings (SSSR count). The van der Waals surface area contributed by atoms with E-state index in [9.17, 15) is 35.9 Å². The van der Waals surface area contributed by atoms with Gasteiger partial charge in [-0.15, -0.1) is 0 Å². The van der Waals surface area contributed by atoms with Gasteiger partial charge in [0.1, 0.15) is 5.58 Å². The number of ketones is 1. The Kier molecular flexibility index (Phi) is 8.46. The fraction of sp³-hybridized carbons (Fsp3) is 0.267. The Hall–Kier alpha value is -4.28. The first kappa shape index (κ1) is 29.7. The van der Waals surface area contributed by atoms with E-state index in [1.807, 2.05) is 5.32 Å². The monoisotopic (exact) mass is 577 g/mol. The third kappa shape index (κ3) is 6.72. The van der Waals surface area contributed by atoms with Crippen LogP contribution >= 0.6 is 0 Å². The van der Waals surface area contributed by atoms with Crippen LogP contribution in [0.1, 0.15) is 47.3 Å². The Labute approximate surface area is 231 Å². The minimum Gasteiger partial charge on any atom is -0.451 e. The topological polar surface area (TPSA) is 68.5 Å². The van der Waals surface area contributed by atoms with Gasteiger partial charge in [0.25, 0.3) is 11.9 Å². The molecule has 0 aliphatic rings. The molecular weight excluding hydrogens is 552 g/mol. The molecule has 1 N–H and O–H groups in total. The van der Waals surface area contributed by atoms with Crippen molar-refractivity contribution in [2.45, 2.75) is 45.1 Å². The molecule has 0 aliphatic heterocycles. The molecule has 216 valence electrons. The van der Waals surface area contributed by atoms with Crippen LogP contribution in [0.5, 0.6) is 5.95 Å². The lowest BCUT2D eigenvalue weighted by atomic mass is 10.0. The number of ether oxygens (including phenoxy) is 1. The molecule has 1 atom stereocenters. The first-order chi connectivity index (χ1) is 19.3. The molecule has 0 saturated heterocycles. The number of nitrogens with one attached hydrogen (secondary N) is 1. The van der Waals surface area contributed by atoms with E-state index in [-0.39, 0.29) is 24.6 Å². The first-order valence-electron chi connectivity index (χ1n) is 12.6. The van der Waals surface area contributed by atoms with Crippen LogP contribution in [0.15, 0.2) is 77.2 Å². The highest BCUT2D eigenvalue weighted by Gasteiger charge is 2.45. The third-order valence-corrected chi connectivity index (χ3v) is 6.37. The Morgan fingerprint density at radius 2 is 1.51 bits per heavy atom. The number of hydrogen-bond donors (Lipinski definition) is 1. The molecule has 1 amide bonds. The van der Waals surface area contributed by atoms with Crippen LogP contribution in [0.3, 0.4) is 0 Å². The zero-order valence-electron chi connectivity index (χ0n) is 21.9. The Balaban J connectivity index is 1.64. The number of carbonyl (C=O) groups is 2. The molecule has 1 unspecified atom stereocenters. The number of benzene rings is 3. The minimum absolute atomic E-state index is 0.0711. The Morgan fingerprint density at radius 1 is 0.854 bits per heavy atom. The lowest BCUT2D eigenvalue weighted by molar-refractivity contribution is -0.161. The maximum absolute atomic E-state index is 13.7. The number of Topliss-reactive ketones (excluding diaryl/α,β-unsaturated/α-hetero) is 1. The van der Waals surface area contributed by atoms with Crippen LogP contribution in [-0.4, -0.2) is 17.8 Å². The van der Waals surface area contributed by atoms with Crippen LogP contribution < -0.4 is 10.1 Å². The SMILES string of the molecule is CC(C)C(Oc1oc2ccccc2c1CCC(=O)c1ccccc1)C(=O)Nc1cccc(C(F)(F)F)c1C(F)(F)F. The maximum atomic E-state index is 13.7. The summed E-state index contributed by atoms with van der Waals surface area (Å²) in [4.78, 5) is 25.9. The number of fused-ring (bicyclic) bond motifs is 1. The van der Waals surface area contributed by atoms with E-state index in [1.165, 1.54) is 0 Å². The second-order valence-corrected chi connectivity index (χ2v) is 9.65. The average molecular weight is 578 g/mol. The van der Waals surface area contributed by atoms with Crippen molar-refractivity contribution in [3.8, 4) is 5.95 Å². The van der Waals surface area contributed by atoms with E-state index < -0.39 is 47.1 Å². The smallest absolute Gasteiger partial charge is 0.419 e. The Morgan fingerprint density at radius 3 is 2.15 bits per heavy atom. The van der Waals surface area contributed by atoms with Gasteiger partial charge in [-0.1, -0.05) is 68.4 Å². The van der Waals surface area contributed by atoms with Gasteiger partial charge in [0.15, 0.2) is 11.9 Å². The van der Waals surface area contributed by atoms with E-state index in [2.05, 4.69) is 0 Å². The van der Waals surface area contributed by atoms with Crippen molar-refractivity contribution >= 4 is 28.3 Å². The number of rotatable bonds is 9. The molecule has 0 radical (unpaired) electrons. The summed E-state index contributed by atoms with van der Waals surface area (Å²) in [6, 6.07) is 17.2. The number of alkyl halides is 6. The van der Waals surface area contributed by atoms with Crippen molar-refractivity contribution in [3.63, 3.8) is 0 Å². The fourth-order valence-corrected chi connectivity index (χ4v) is 4.42. The van der Waals surface area contributed by atoms with Crippen LogP contribution in [0.25, 0.3) is 11.0 Å². The molecule has 0 saturated carbocycles. The predicted molar refractivity (Wildman–Crippen MR) is 140 cm³/mol. The van der Waals surface area contributed by atoms with Gasteiger partial charge < -0.3 is 14.5 Å². The van der Waals surface area contributed by atoms with Crippen molar-refractivity contribution in [2.75, 3.05) is 5.32 Å². The van der Waals surface area contributed by atoms with Crippen molar-refractivity contribution < 1.29 is 45.1 Å². The van der Waals surface area contributed by atoms with Crippen LogP contribution in [0.4, 0.5) is 32.0 Å². The largest absolute Gasteiger partial charge is 0.451 e. The van der Waals surface area contributed by atoms with Gasteiger partial charge in [-0.3, -0.25) is 9.59 Å². The lowest BCUT2D eigenvalue weighted by Crippen LogP contribution is -2.38. The molecule has 0 aliphatic carbocycles. The highest BCUT2D eigenvalue weighted by molar-refractivity contribution is 5.97. The number of carbonyl (C=O) groups excluding carboxylic acids is 2. The number of halogens is 6. The summed E-state index contributed by atoms with van der Waals surface area (Å²) in [5.74, 6) is -2.00. The van der Waals surface area contributed by atoms with Gasteiger partial charge in [0.05, 0.1) is 16.8 Å². The summed E-state index contributed by atoms with van der Waals surface area (Å²) in [5.41, 5.74) is -3.61. The zero-order chi connectivity index (χ0) is 29.9. The molecule has 0 bridgehead atoms. The van der Waals surface area contributed by atoms with E-state index in [0.29, 0.717) is 28.2 Å². The predicted octanol–water partition coefficient (Wildman–Crippen LogP) is 8.33. The van der Waals surface area contributed by atoms with Gasteiger partial charge in [-0.2, -0.15) is 26.3 Å². The number of aryl methyl sites for hydroxylation is 1. The van der Waals surface area contributed by atoms with Crippen molar-refractivity contribution in [1.29, 1.82) is 0 Å². The summed E-state index contributed by atoms with van der Waals surface area (Å²) in [7, 11) is 0. The molecule has 11 heteroatoms. The molecule has 3 aromatic carbocycles. The van der Waals surface area contributed by atoms with Crippen molar-refractivity contribution in [3.05, 3.63) is 95.1 Å². The lowest BCUT2D eigenvalue weighted by Gasteiger charge is -2.23. The quantitative estimate of drug-likeness (QED) is 0.160. The van der Waals surface area contributed by atoms with Gasteiger partial charge in [-0.25, -0.2) is 0 Å². The number of amides is 1. The Bertz CT molecular complexity index is 1540. The molecule has 4 aromatic rings. The fourth-order valence-electron chi connectivity index (χ4n) is 4.42. The number of hydrogen-bond acceptors (Lipinski definition) is 4. The number of furan rings is 1. The number of anilines is 1. The van der Waals surface area contributed by atoms with Crippen molar-refractivity contribution in [2.24, 2.45) is 5.92 Å². The third-order valence-electron chi connectivity index (χ3n) is 6.37. The summed E-state index contributed by atoms with van der Waals surface area (Å²) in [5, 5.41) is 2.59. The molecule has 1 aromatic heterocycles. The normalized spacial score (nSPS) is 12.9. The average Bonchev–Trinajstić information content (AvgIpc) is 3.26. The molecule has 0 fully saturated rings. The second kappa shape index (κ2) is 11.7. The maximum Gasteiger partial charge on any atom is 0.419 e. The number of para-hydroxylation sites is 1. The molecular formula is C30H25F6NO4. The molecule has 5 nitrogen and oxygen atoms in total. The highest BCUT2D eigenvalue weighted by atomic mass is 19.4. The van der Waals surface area contributed by atoms with E-state index in [4.69, 9.17) is 9.15 Å².